The van der Waals surface area contributed by atoms with Gasteiger partial charge in [0, 0.05) is 0 Å². The van der Waals surface area contributed by atoms with Crippen LogP contribution in [0.2, 0.25) is 0 Å². The highest BCUT2D eigenvalue weighted by atomic mass is 16.4. The lowest BCUT2D eigenvalue weighted by molar-refractivity contribution is 0.0652. The highest BCUT2D eigenvalue weighted by Gasteiger charge is 2.21. The normalized spacial score (nSPS) is 10.2. The minimum absolute atomic E-state index is 0.0274. The van der Waals surface area contributed by atoms with Crippen molar-refractivity contribution in [1.29, 1.82) is 0 Å². The lowest BCUT2D eigenvalue weighted by Gasteiger charge is -2.12. The Bertz CT molecular complexity index is 703. The van der Waals surface area contributed by atoms with Gasteiger partial charge in [-0.3, -0.25) is 0 Å². The molecule has 5 heteroatoms. The predicted octanol–water partition coefficient (Wildman–Crippen LogP) is 2.76. The number of hydrogen-bond donors (Lipinski definition) is 3. The van der Waals surface area contributed by atoms with E-state index in [9.17, 15) is 19.8 Å². The largest absolute Gasteiger partial charge is 0.508 e. The molecule has 3 N–H and O–H groups in total. The van der Waals surface area contributed by atoms with Crippen LogP contribution in [0.15, 0.2) is 36.4 Å². The Labute approximate surface area is 114 Å². The second-order valence-corrected chi connectivity index (χ2v) is 4.29. The molecule has 0 atom stereocenters. The summed E-state index contributed by atoms with van der Waals surface area (Å²) in [5.41, 5.74) is 0.695. The van der Waals surface area contributed by atoms with Gasteiger partial charge in [0.25, 0.3) is 0 Å². The van der Waals surface area contributed by atoms with Crippen LogP contribution in [0.3, 0.4) is 0 Å². The summed E-state index contributed by atoms with van der Waals surface area (Å²) >= 11 is 0. The fourth-order valence-corrected chi connectivity index (χ4v) is 2.10. The quantitative estimate of drug-likeness (QED) is 0.798. The van der Waals surface area contributed by atoms with Gasteiger partial charge in [-0.25, -0.2) is 9.59 Å². The van der Waals surface area contributed by atoms with Crippen molar-refractivity contribution < 1.29 is 24.9 Å². The van der Waals surface area contributed by atoms with E-state index >= 15 is 0 Å². The highest BCUT2D eigenvalue weighted by molar-refractivity contribution is 6.06. The summed E-state index contributed by atoms with van der Waals surface area (Å²) in [6, 6.07) is 8.96. The van der Waals surface area contributed by atoms with Gasteiger partial charge in [0.05, 0.1) is 11.1 Å². The molecule has 0 fully saturated rings. The first-order valence-corrected chi connectivity index (χ1v) is 5.82. The van der Waals surface area contributed by atoms with E-state index in [1.807, 2.05) is 0 Å². The first-order chi connectivity index (χ1) is 9.43. The smallest absolute Gasteiger partial charge is 0.337 e. The summed E-state index contributed by atoms with van der Waals surface area (Å²) in [4.78, 5) is 22.5. The molecule has 0 spiro atoms. The van der Waals surface area contributed by atoms with Crippen LogP contribution in [-0.2, 0) is 0 Å². The SMILES string of the molecule is Cc1c(O)cccc1-c1cccc(C(=O)O)c1C(=O)O. The highest BCUT2D eigenvalue weighted by Crippen LogP contribution is 2.32. The molecule has 5 nitrogen and oxygen atoms in total. The van der Waals surface area contributed by atoms with Gasteiger partial charge in [-0.1, -0.05) is 24.3 Å². The van der Waals surface area contributed by atoms with Crippen molar-refractivity contribution in [2.24, 2.45) is 0 Å². The number of carboxylic acids is 2. The second kappa shape index (κ2) is 5.05. The summed E-state index contributed by atoms with van der Waals surface area (Å²) in [6.07, 6.45) is 0. The standard InChI is InChI=1S/C15H12O5/c1-8-9(4-3-7-12(8)16)10-5-2-6-11(14(17)18)13(10)15(19)20/h2-7,16H,1H3,(H,17,18)(H,19,20). The maximum Gasteiger partial charge on any atom is 0.337 e. The van der Waals surface area contributed by atoms with Crippen molar-refractivity contribution in [3.8, 4) is 16.9 Å². The first kappa shape index (κ1) is 13.6. The van der Waals surface area contributed by atoms with Crippen LogP contribution >= 0.6 is 0 Å². The van der Waals surface area contributed by atoms with E-state index < -0.39 is 11.9 Å². The zero-order valence-corrected chi connectivity index (χ0v) is 10.6. The van der Waals surface area contributed by atoms with Gasteiger partial charge in [0.15, 0.2) is 0 Å². The van der Waals surface area contributed by atoms with E-state index in [0.29, 0.717) is 11.1 Å². The van der Waals surface area contributed by atoms with E-state index in [1.165, 1.54) is 24.3 Å². The number of aromatic hydroxyl groups is 1. The molecule has 0 aliphatic rings. The molecule has 0 saturated carbocycles. The minimum atomic E-state index is -1.32. The lowest BCUT2D eigenvalue weighted by atomic mass is 9.92. The van der Waals surface area contributed by atoms with Crippen molar-refractivity contribution in [2.45, 2.75) is 6.92 Å². The van der Waals surface area contributed by atoms with Crippen LogP contribution in [0.1, 0.15) is 26.3 Å². The molecule has 0 saturated heterocycles. The summed E-state index contributed by atoms with van der Waals surface area (Å²) in [7, 11) is 0. The lowest BCUT2D eigenvalue weighted by Crippen LogP contribution is -2.10. The maximum atomic E-state index is 11.4. The molecule has 0 bridgehead atoms. The van der Waals surface area contributed by atoms with Gasteiger partial charge >= 0.3 is 11.9 Å². The molecule has 0 amide bonds. The number of benzene rings is 2. The van der Waals surface area contributed by atoms with Crippen LogP contribution < -0.4 is 0 Å². The van der Waals surface area contributed by atoms with E-state index in [2.05, 4.69) is 0 Å². The molecule has 0 radical (unpaired) electrons. The molecule has 0 unspecified atom stereocenters. The summed E-state index contributed by atoms with van der Waals surface area (Å²) in [6.45, 7) is 1.64. The molecule has 0 heterocycles. The average molecular weight is 272 g/mol. The van der Waals surface area contributed by atoms with Gasteiger partial charge in [0.1, 0.15) is 5.75 Å². The molecule has 2 rings (SSSR count). The van der Waals surface area contributed by atoms with Crippen LogP contribution in [0.5, 0.6) is 5.75 Å². The van der Waals surface area contributed by atoms with Crippen molar-refractivity contribution >= 4 is 11.9 Å². The van der Waals surface area contributed by atoms with Crippen molar-refractivity contribution in [3.63, 3.8) is 0 Å². The fourth-order valence-electron chi connectivity index (χ4n) is 2.10. The number of aromatic carboxylic acids is 2. The van der Waals surface area contributed by atoms with E-state index in [0.717, 1.165) is 0 Å². The number of carbonyl (C=O) groups is 2. The van der Waals surface area contributed by atoms with Gasteiger partial charge in [-0.05, 0) is 35.7 Å². The second-order valence-electron chi connectivity index (χ2n) is 4.29. The Balaban J connectivity index is 2.81. The molecule has 0 aliphatic heterocycles. The average Bonchev–Trinajstić information content (AvgIpc) is 2.40. The van der Waals surface area contributed by atoms with Crippen molar-refractivity contribution in [1.82, 2.24) is 0 Å². The predicted molar refractivity (Wildman–Crippen MR) is 72.2 cm³/mol. The Morgan fingerprint density at radius 1 is 0.900 bits per heavy atom. The zero-order valence-electron chi connectivity index (χ0n) is 10.6. The zero-order chi connectivity index (χ0) is 14.9. The van der Waals surface area contributed by atoms with Crippen LogP contribution in [0, 0.1) is 6.92 Å². The van der Waals surface area contributed by atoms with E-state index in [1.54, 1.807) is 19.1 Å². The van der Waals surface area contributed by atoms with E-state index in [4.69, 9.17) is 5.11 Å². The number of phenols is 1. The molecule has 2 aromatic carbocycles. The Morgan fingerprint density at radius 2 is 1.50 bits per heavy atom. The third-order valence-corrected chi connectivity index (χ3v) is 3.10. The summed E-state index contributed by atoms with van der Waals surface area (Å²) < 4.78 is 0. The van der Waals surface area contributed by atoms with Crippen LogP contribution in [-0.4, -0.2) is 27.3 Å². The van der Waals surface area contributed by atoms with Crippen molar-refractivity contribution in [3.05, 3.63) is 53.1 Å². The van der Waals surface area contributed by atoms with E-state index in [-0.39, 0.29) is 22.4 Å². The molecule has 0 aliphatic carbocycles. The van der Waals surface area contributed by atoms with Crippen LogP contribution in [0.25, 0.3) is 11.1 Å². The number of rotatable bonds is 3. The van der Waals surface area contributed by atoms with Gasteiger partial charge < -0.3 is 15.3 Å². The molecule has 102 valence electrons. The monoisotopic (exact) mass is 272 g/mol. The third-order valence-electron chi connectivity index (χ3n) is 3.10. The van der Waals surface area contributed by atoms with Gasteiger partial charge in [-0.15, -0.1) is 0 Å². The Hall–Kier alpha value is -2.82. The van der Waals surface area contributed by atoms with Gasteiger partial charge in [-0.2, -0.15) is 0 Å². The Kier molecular flexibility index (Phi) is 3.43. The molecular weight excluding hydrogens is 260 g/mol. The molecule has 2 aromatic rings. The van der Waals surface area contributed by atoms with Gasteiger partial charge in [0.2, 0.25) is 0 Å². The molecule has 0 aromatic heterocycles. The number of phenolic OH excluding ortho intramolecular Hbond substituents is 1. The van der Waals surface area contributed by atoms with Crippen LogP contribution in [0.4, 0.5) is 0 Å². The molecule has 20 heavy (non-hydrogen) atoms. The first-order valence-electron chi connectivity index (χ1n) is 5.82. The third kappa shape index (κ3) is 2.21. The van der Waals surface area contributed by atoms with Crippen molar-refractivity contribution in [2.75, 3.05) is 0 Å². The summed E-state index contributed by atoms with van der Waals surface area (Å²) in [5, 5.41) is 28.1. The minimum Gasteiger partial charge on any atom is -0.508 e. The molecular formula is C15H12O5. The number of hydrogen-bond acceptors (Lipinski definition) is 3. The Morgan fingerprint density at radius 3 is 2.10 bits per heavy atom. The summed E-state index contributed by atoms with van der Waals surface area (Å²) in [5.74, 6) is -2.60. The topological polar surface area (TPSA) is 94.8 Å². The fraction of sp³-hybridized carbons (Fsp3) is 0.0667. The number of carboxylic acid groups (broad SMARTS) is 2. The maximum absolute atomic E-state index is 11.4.